The Hall–Kier alpha value is -0.250. The fourth-order valence-electron chi connectivity index (χ4n) is 1.03. The van der Waals surface area contributed by atoms with Gasteiger partial charge in [-0.05, 0) is 24.3 Å². The van der Waals surface area contributed by atoms with E-state index in [0.717, 1.165) is 29.3 Å². The second-order valence-corrected chi connectivity index (χ2v) is 4.04. The highest BCUT2D eigenvalue weighted by atomic mass is 35.5. The molecule has 0 amide bonds. The van der Waals surface area contributed by atoms with Gasteiger partial charge in [-0.2, -0.15) is 0 Å². The van der Waals surface area contributed by atoms with E-state index in [0.29, 0.717) is 0 Å². The predicted octanol–water partition coefficient (Wildman–Crippen LogP) is 3.59. The Morgan fingerprint density at radius 2 is 2.13 bits per heavy atom. The zero-order valence-electron chi connectivity index (χ0n) is 8.60. The van der Waals surface area contributed by atoms with Crippen molar-refractivity contribution in [3.8, 4) is 0 Å². The highest BCUT2D eigenvalue weighted by Gasteiger charge is 1.98. The van der Waals surface area contributed by atoms with Crippen LogP contribution in [0, 0.1) is 5.41 Å². The van der Waals surface area contributed by atoms with Gasteiger partial charge in [0, 0.05) is 18.3 Å². The van der Waals surface area contributed by atoms with Crippen LogP contribution in [0.5, 0.6) is 0 Å². The summed E-state index contributed by atoms with van der Waals surface area (Å²) in [5, 5.41) is 8.33. The molecule has 0 atom stereocenters. The monoisotopic (exact) mass is 266 g/mol. The fourth-order valence-corrected chi connectivity index (χ4v) is 1.63. The normalized spacial score (nSPS) is 8.60. The van der Waals surface area contributed by atoms with Crippen molar-refractivity contribution in [3.05, 3.63) is 30.1 Å². The smallest absolute Gasteiger partial charge is 0.0645 e. The Balaban J connectivity index is 0. The molecule has 0 bridgehead atoms. The molecule has 0 fully saturated rings. The van der Waals surface area contributed by atoms with Gasteiger partial charge in [0.2, 0.25) is 0 Å². The Bertz CT molecular complexity index is 267. The molecule has 0 spiro atoms. The standard InChI is InChI=1S/C10H14N2S.2ClH/c1-2-13-10(11)7-6-9-5-3-4-8-12-9;;/h3-5,8,11H,2,6-7H2,1H3;2*1H. The minimum Gasteiger partial charge on any atom is -0.298 e. The number of rotatable bonds is 4. The molecule has 1 N–H and O–H groups in total. The second-order valence-electron chi connectivity index (χ2n) is 2.68. The molecule has 1 heterocycles. The Morgan fingerprint density at radius 1 is 1.40 bits per heavy atom. The lowest BCUT2D eigenvalue weighted by atomic mass is 10.2. The molecule has 0 aromatic carbocycles. The molecule has 1 aromatic heterocycles. The van der Waals surface area contributed by atoms with Gasteiger partial charge < -0.3 is 0 Å². The van der Waals surface area contributed by atoms with Gasteiger partial charge in [0.05, 0.1) is 5.04 Å². The van der Waals surface area contributed by atoms with Crippen LogP contribution < -0.4 is 0 Å². The first-order valence-corrected chi connectivity index (χ1v) is 5.41. The van der Waals surface area contributed by atoms with E-state index in [1.54, 1.807) is 18.0 Å². The van der Waals surface area contributed by atoms with Crippen molar-refractivity contribution in [1.29, 1.82) is 5.41 Å². The maximum Gasteiger partial charge on any atom is 0.0645 e. The summed E-state index contributed by atoms with van der Waals surface area (Å²) in [5.41, 5.74) is 1.07. The van der Waals surface area contributed by atoms with Crippen molar-refractivity contribution < 1.29 is 0 Å². The molecule has 5 heteroatoms. The minimum absolute atomic E-state index is 0. The lowest BCUT2D eigenvalue weighted by Gasteiger charge is -2.00. The summed E-state index contributed by atoms with van der Waals surface area (Å²) >= 11 is 1.61. The number of aryl methyl sites for hydroxylation is 1. The topological polar surface area (TPSA) is 36.7 Å². The number of aromatic nitrogens is 1. The van der Waals surface area contributed by atoms with E-state index in [9.17, 15) is 0 Å². The van der Waals surface area contributed by atoms with Gasteiger partial charge in [0.1, 0.15) is 0 Å². The van der Waals surface area contributed by atoms with E-state index < -0.39 is 0 Å². The van der Waals surface area contributed by atoms with Crippen LogP contribution in [0.2, 0.25) is 0 Å². The lowest BCUT2D eigenvalue weighted by molar-refractivity contribution is 0.975. The van der Waals surface area contributed by atoms with Crippen LogP contribution in [0.3, 0.4) is 0 Å². The molecule has 1 rings (SSSR count). The van der Waals surface area contributed by atoms with Gasteiger partial charge >= 0.3 is 0 Å². The Labute approximate surface area is 108 Å². The zero-order valence-corrected chi connectivity index (χ0v) is 11.1. The number of nitrogens with zero attached hydrogens (tertiary/aromatic N) is 1. The highest BCUT2D eigenvalue weighted by Crippen LogP contribution is 2.08. The van der Waals surface area contributed by atoms with Crippen LogP contribution >= 0.6 is 36.6 Å². The van der Waals surface area contributed by atoms with Crippen LogP contribution in [0.4, 0.5) is 0 Å². The number of thioether (sulfide) groups is 1. The first-order chi connectivity index (χ1) is 6.33. The number of hydrogen-bond acceptors (Lipinski definition) is 3. The molecule has 0 aliphatic carbocycles. The first-order valence-electron chi connectivity index (χ1n) is 4.43. The summed E-state index contributed by atoms with van der Waals surface area (Å²) < 4.78 is 0. The molecule has 0 unspecified atom stereocenters. The molecule has 86 valence electrons. The summed E-state index contributed by atoms with van der Waals surface area (Å²) in [5.74, 6) is 0.987. The highest BCUT2D eigenvalue weighted by molar-refractivity contribution is 8.13. The van der Waals surface area contributed by atoms with E-state index in [1.807, 2.05) is 18.2 Å². The number of hydrogen-bond donors (Lipinski definition) is 1. The summed E-state index contributed by atoms with van der Waals surface area (Å²) in [6, 6.07) is 5.90. The number of nitrogens with one attached hydrogen (secondary N) is 1. The van der Waals surface area contributed by atoms with Crippen LogP contribution in [0.1, 0.15) is 19.0 Å². The van der Waals surface area contributed by atoms with Crippen LogP contribution in [0.25, 0.3) is 0 Å². The number of pyridine rings is 1. The summed E-state index contributed by atoms with van der Waals surface area (Å²) in [7, 11) is 0. The van der Waals surface area contributed by atoms with Crippen molar-refractivity contribution >= 4 is 41.6 Å². The first kappa shape index (κ1) is 17.2. The van der Waals surface area contributed by atoms with Gasteiger partial charge in [-0.3, -0.25) is 10.4 Å². The van der Waals surface area contributed by atoms with Gasteiger partial charge in [0.25, 0.3) is 0 Å². The van der Waals surface area contributed by atoms with Crippen molar-refractivity contribution in [3.63, 3.8) is 0 Å². The fraction of sp³-hybridized carbons (Fsp3) is 0.400. The third-order valence-corrected chi connectivity index (χ3v) is 2.49. The molecule has 0 radical (unpaired) electrons. The van der Waals surface area contributed by atoms with E-state index >= 15 is 0 Å². The Kier molecular flexibility index (Phi) is 11.7. The van der Waals surface area contributed by atoms with Gasteiger partial charge in [-0.1, -0.05) is 13.0 Å². The molecule has 0 aliphatic heterocycles. The van der Waals surface area contributed by atoms with Crippen molar-refractivity contribution in [2.45, 2.75) is 19.8 Å². The average molecular weight is 267 g/mol. The van der Waals surface area contributed by atoms with E-state index in [4.69, 9.17) is 5.41 Å². The SMILES string of the molecule is CCSC(=N)CCc1ccccn1.Cl.Cl. The third-order valence-electron chi connectivity index (χ3n) is 1.65. The van der Waals surface area contributed by atoms with Crippen LogP contribution in [-0.4, -0.2) is 15.8 Å². The molecule has 0 aliphatic rings. The molecule has 0 saturated carbocycles. The predicted molar refractivity (Wildman–Crippen MR) is 72.9 cm³/mol. The molecule has 15 heavy (non-hydrogen) atoms. The quantitative estimate of drug-likeness (QED) is 0.668. The van der Waals surface area contributed by atoms with Gasteiger partial charge in [0.15, 0.2) is 0 Å². The molecular weight excluding hydrogens is 251 g/mol. The minimum atomic E-state index is 0. The second kappa shape index (κ2) is 10.3. The van der Waals surface area contributed by atoms with E-state index in [2.05, 4.69) is 11.9 Å². The van der Waals surface area contributed by atoms with Crippen molar-refractivity contribution in [1.82, 2.24) is 4.98 Å². The maximum atomic E-state index is 7.57. The van der Waals surface area contributed by atoms with Gasteiger partial charge in [-0.25, -0.2) is 0 Å². The summed E-state index contributed by atoms with van der Waals surface area (Å²) in [6.45, 7) is 2.07. The summed E-state index contributed by atoms with van der Waals surface area (Å²) in [6.07, 6.45) is 3.49. The van der Waals surface area contributed by atoms with Crippen molar-refractivity contribution in [2.75, 3.05) is 5.75 Å². The Morgan fingerprint density at radius 3 is 2.67 bits per heavy atom. The molecule has 2 nitrogen and oxygen atoms in total. The third kappa shape index (κ3) is 7.65. The molecular formula is C10H16Cl2N2S. The summed E-state index contributed by atoms with van der Waals surface area (Å²) in [4.78, 5) is 4.20. The maximum absolute atomic E-state index is 7.57. The van der Waals surface area contributed by atoms with E-state index in [-0.39, 0.29) is 24.8 Å². The van der Waals surface area contributed by atoms with Crippen LogP contribution in [0.15, 0.2) is 24.4 Å². The number of halogens is 2. The van der Waals surface area contributed by atoms with Crippen LogP contribution in [-0.2, 0) is 6.42 Å². The van der Waals surface area contributed by atoms with Gasteiger partial charge in [-0.15, -0.1) is 36.6 Å². The van der Waals surface area contributed by atoms with Crippen molar-refractivity contribution in [2.24, 2.45) is 0 Å². The van der Waals surface area contributed by atoms with E-state index in [1.165, 1.54) is 0 Å². The molecule has 1 aromatic rings. The zero-order chi connectivity index (χ0) is 9.52. The average Bonchev–Trinajstić information content (AvgIpc) is 2.17. The lowest BCUT2D eigenvalue weighted by Crippen LogP contribution is -1.96. The largest absolute Gasteiger partial charge is 0.298 e. The molecule has 0 saturated heterocycles.